The fourth-order valence-corrected chi connectivity index (χ4v) is 8.38. The molecule has 2 heterocycles. The number of likely N-dealkylation sites (N-methyl/N-ethyl adjacent to an activating group) is 1. The molecule has 4 rings (SSSR count). The largest absolute Gasteiger partial charge is 0.497 e. The summed E-state index contributed by atoms with van der Waals surface area (Å²) in [5, 5.41) is 18.3. The molecule has 1 aliphatic rings. The lowest BCUT2D eigenvalue weighted by Gasteiger charge is -2.40. The van der Waals surface area contributed by atoms with Gasteiger partial charge in [-0.05, 0) is 80.4 Å². The van der Waals surface area contributed by atoms with Crippen molar-refractivity contribution in [1.82, 2.24) is 25.4 Å². The molecule has 1 aliphatic heterocycles. The van der Waals surface area contributed by atoms with E-state index in [9.17, 15) is 24.3 Å². The van der Waals surface area contributed by atoms with Gasteiger partial charge in [-0.2, -0.15) is 0 Å². The Labute approximate surface area is 347 Å². The molecule has 3 unspecified atom stereocenters. The Morgan fingerprint density at radius 3 is 2.45 bits per heavy atom. The summed E-state index contributed by atoms with van der Waals surface area (Å²) < 4.78 is 16.9. The minimum atomic E-state index is -0.992. The number of methoxy groups -OCH3 is 2. The summed E-state index contributed by atoms with van der Waals surface area (Å²) in [4.78, 5) is 63.0. The number of carbonyl (C=O) groups excluding carboxylic acids is 3. The summed E-state index contributed by atoms with van der Waals surface area (Å²) in [6.07, 6.45) is 3.35. The summed E-state index contributed by atoms with van der Waals surface area (Å²) in [6.45, 7) is 11.3. The van der Waals surface area contributed by atoms with Crippen molar-refractivity contribution in [1.29, 1.82) is 0 Å². The summed E-state index contributed by atoms with van der Waals surface area (Å²) in [6, 6.07) is 13.8. The molecule has 0 radical (unpaired) electrons. The highest BCUT2D eigenvalue weighted by atomic mass is 32.1. The topological polar surface area (TPSA) is 160 Å². The van der Waals surface area contributed by atoms with E-state index < -0.39 is 29.9 Å². The van der Waals surface area contributed by atoms with Gasteiger partial charge >= 0.3 is 5.97 Å². The quantitative estimate of drug-likeness (QED) is 0.0947. The first-order chi connectivity index (χ1) is 27.8. The Kier molecular flexibility index (Phi) is 18.1. The molecule has 2 aromatic carbocycles. The number of amides is 3. The number of carboxylic acids is 1. The van der Waals surface area contributed by atoms with Crippen molar-refractivity contribution < 1.29 is 38.5 Å². The van der Waals surface area contributed by atoms with Gasteiger partial charge in [0.2, 0.25) is 11.8 Å². The number of rotatable bonds is 22. The summed E-state index contributed by atoms with van der Waals surface area (Å²) >= 11 is 1.28. The normalized spacial score (nSPS) is 17.2. The number of ether oxygens (including phenoxy) is 3. The molecule has 14 heteroatoms. The molecule has 58 heavy (non-hydrogen) atoms. The van der Waals surface area contributed by atoms with Crippen molar-refractivity contribution in [2.45, 2.75) is 110 Å². The predicted octanol–water partition coefficient (Wildman–Crippen LogP) is 6.57. The van der Waals surface area contributed by atoms with Crippen LogP contribution in [0.25, 0.3) is 0 Å². The molecule has 0 spiro atoms. The Morgan fingerprint density at radius 1 is 1.07 bits per heavy atom. The molecule has 1 aromatic heterocycles. The van der Waals surface area contributed by atoms with Crippen LogP contribution >= 0.6 is 11.3 Å². The number of thiazole rings is 1. The molecular formula is C44H63N5O8S. The second kappa shape index (κ2) is 22.7. The second-order valence-electron chi connectivity index (χ2n) is 15.7. The zero-order valence-corrected chi connectivity index (χ0v) is 36.2. The molecule has 13 nitrogen and oxygen atoms in total. The lowest BCUT2D eigenvalue weighted by Crippen LogP contribution is -2.58. The number of carbonyl (C=O) groups is 4. The molecule has 1 fully saturated rings. The Bertz CT molecular complexity index is 1790. The average Bonchev–Trinajstić information content (AvgIpc) is 3.71. The van der Waals surface area contributed by atoms with Gasteiger partial charge in [0.1, 0.15) is 35.4 Å². The van der Waals surface area contributed by atoms with E-state index >= 15 is 0 Å². The number of piperidine rings is 1. The van der Waals surface area contributed by atoms with Crippen LogP contribution in [0.3, 0.4) is 0 Å². The number of likely N-dealkylation sites (tertiary alicyclic amines) is 1. The number of hydrogen-bond donors (Lipinski definition) is 3. The van der Waals surface area contributed by atoms with Gasteiger partial charge in [-0.1, -0.05) is 76.9 Å². The number of nitrogens with zero attached hydrogens (tertiary/aromatic N) is 3. The first-order valence-electron chi connectivity index (χ1n) is 20.4. The first kappa shape index (κ1) is 46.3. The number of nitrogens with one attached hydrogen (secondary N) is 2. The molecule has 0 saturated carbocycles. The third-order valence-corrected chi connectivity index (χ3v) is 12.2. The molecule has 0 bridgehead atoms. The lowest BCUT2D eigenvalue weighted by molar-refractivity contribution is -0.144. The molecule has 318 valence electrons. The number of carboxylic acid groups (broad SMARTS) is 1. The van der Waals surface area contributed by atoms with E-state index in [0.29, 0.717) is 35.7 Å². The van der Waals surface area contributed by atoms with Crippen LogP contribution < -0.4 is 15.4 Å². The van der Waals surface area contributed by atoms with Gasteiger partial charge < -0.3 is 34.9 Å². The summed E-state index contributed by atoms with van der Waals surface area (Å²) in [7, 11) is 5.03. The lowest BCUT2D eigenvalue weighted by atomic mass is 9.91. The van der Waals surface area contributed by atoms with Crippen molar-refractivity contribution in [3.05, 3.63) is 81.3 Å². The number of aromatic nitrogens is 1. The van der Waals surface area contributed by atoms with Crippen LogP contribution in [0.4, 0.5) is 0 Å². The third-order valence-electron chi connectivity index (χ3n) is 11.2. The van der Waals surface area contributed by atoms with E-state index in [1.165, 1.54) is 25.6 Å². The number of benzene rings is 2. The monoisotopic (exact) mass is 821 g/mol. The van der Waals surface area contributed by atoms with E-state index in [0.717, 1.165) is 36.9 Å². The highest BCUT2D eigenvalue weighted by Gasteiger charge is 2.38. The Hall–Kier alpha value is -4.37. The molecule has 3 amide bonds. The van der Waals surface area contributed by atoms with Crippen LogP contribution in [-0.4, -0.2) is 103 Å². The fraction of sp³-hybridized carbons (Fsp3) is 0.568. The molecule has 3 aromatic rings. The zero-order valence-electron chi connectivity index (χ0n) is 35.4. The van der Waals surface area contributed by atoms with Gasteiger partial charge in [-0.25, -0.2) is 4.98 Å². The Morgan fingerprint density at radius 2 is 1.81 bits per heavy atom. The minimum absolute atomic E-state index is 0.0304. The molecule has 6 atom stereocenters. The van der Waals surface area contributed by atoms with Gasteiger partial charge in [0.25, 0.3) is 5.91 Å². The highest BCUT2D eigenvalue weighted by molar-refractivity contribution is 7.09. The van der Waals surface area contributed by atoms with Gasteiger partial charge in [-0.15, -0.1) is 11.3 Å². The first-order valence-corrected chi connectivity index (χ1v) is 21.2. The van der Waals surface area contributed by atoms with E-state index in [1.54, 1.807) is 17.5 Å². The molecule has 0 aliphatic carbocycles. The minimum Gasteiger partial charge on any atom is -0.497 e. The van der Waals surface area contributed by atoms with Crippen LogP contribution in [0.1, 0.15) is 110 Å². The average molecular weight is 822 g/mol. The van der Waals surface area contributed by atoms with Crippen molar-refractivity contribution >= 4 is 35.0 Å². The van der Waals surface area contributed by atoms with Crippen molar-refractivity contribution in [2.24, 2.45) is 11.8 Å². The molecule has 3 N–H and O–H groups in total. The van der Waals surface area contributed by atoms with Crippen molar-refractivity contribution in [3.8, 4) is 5.75 Å². The zero-order chi connectivity index (χ0) is 42.4. The van der Waals surface area contributed by atoms with E-state index in [1.807, 2.05) is 69.1 Å². The van der Waals surface area contributed by atoms with Crippen LogP contribution in [0.2, 0.25) is 0 Å². The van der Waals surface area contributed by atoms with Crippen molar-refractivity contribution in [3.63, 3.8) is 0 Å². The molecular weight excluding hydrogens is 759 g/mol. The van der Waals surface area contributed by atoms with E-state index in [4.69, 9.17) is 19.2 Å². The smallest absolute Gasteiger partial charge is 0.311 e. The SMILES string of the molecule is CCC(C)C(NC(=O)C1CCCCN1C)C(=O)N(Cc1ccccc1)[C@H](C[C@@H](OCOC)c1nc(C(=O)NCC[C@@H](C(=O)O)c2cc(OC)ccc2C)cs1)C(C)C. The summed E-state index contributed by atoms with van der Waals surface area (Å²) in [5.41, 5.74) is 2.59. The maximum absolute atomic E-state index is 15.0. The number of hydrogen-bond acceptors (Lipinski definition) is 10. The van der Waals surface area contributed by atoms with E-state index in [-0.39, 0.29) is 61.2 Å². The third kappa shape index (κ3) is 12.6. The van der Waals surface area contributed by atoms with Crippen LogP contribution in [0.15, 0.2) is 53.9 Å². The maximum atomic E-state index is 15.0. The predicted molar refractivity (Wildman–Crippen MR) is 225 cm³/mol. The van der Waals surface area contributed by atoms with Gasteiger partial charge in [0.05, 0.1) is 19.1 Å². The second-order valence-corrected chi connectivity index (χ2v) is 16.5. The van der Waals surface area contributed by atoms with Crippen molar-refractivity contribution in [2.75, 3.05) is 41.1 Å². The van der Waals surface area contributed by atoms with Gasteiger partial charge in [-0.3, -0.25) is 24.1 Å². The highest BCUT2D eigenvalue weighted by Crippen LogP contribution is 2.33. The maximum Gasteiger partial charge on any atom is 0.311 e. The van der Waals surface area contributed by atoms with Crippen LogP contribution in [0.5, 0.6) is 5.75 Å². The van der Waals surface area contributed by atoms with Crippen LogP contribution in [0, 0.1) is 18.8 Å². The molecule has 1 saturated heterocycles. The standard InChI is InChI=1S/C44H63N5O8S/c1-9-29(4)39(47-41(51)36-17-13-14-22-48(36)6)43(52)49(25-31-15-11-10-12-16-31)37(28(2)3)24-38(57-27-55-7)42-46-35(26-58-42)40(50)45-21-20-33(44(53)54)34-23-32(56-8)19-18-30(34)5/h10-12,15-16,18-19,23,26,28-29,33,36-39H,9,13-14,17,20-22,24-25,27H2,1-8H3,(H,45,50)(H,47,51)(H,53,54)/t29?,33-,36?,37-,38-,39?/m1/s1. The number of aryl methyl sites for hydroxylation is 1. The van der Waals surface area contributed by atoms with Gasteiger partial charge in [0.15, 0.2) is 0 Å². The van der Waals surface area contributed by atoms with E-state index in [2.05, 4.69) is 29.4 Å². The van der Waals surface area contributed by atoms with Crippen LogP contribution in [-0.2, 0) is 30.4 Å². The Balaban J connectivity index is 1.57. The summed E-state index contributed by atoms with van der Waals surface area (Å²) in [5.74, 6) is -2.13. The van der Waals surface area contributed by atoms with Gasteiger partial charge in [0, 0.05) is 38.0 Å². The fourth-order valence-electron chi connectivity index (χ4n) is 7.52. The number of aliphatic carboxylic acids is 1.